The maximum atomic E-state index is 12.5. The Morgan fingerprint density at radius 2 is 1.93 bits per heavy atom. The average molecular weight is 201 g/mol. The number of alkyl halides is 3. The van der Waals surface area contributed by atoms with Crippen molar-refractivity contribution in [1.82, 2.24) is 0 Å². The summed E-state index contributed by atoms with van der Waals surface area (Å²) in [4.78, 5) is 0. The Kier molecular flexibility index (Phi) is 2.03. The molecule has 0 heterocycles. The molecule has 1 aromatic rings. The maximum Gasteiger partial charge on any atom is 0.416 e. The highest BCUT2D eigenvalue weighted by Crippen LogP contribution is 2.36. The summed E-state index contributed by atoms with van der Waals surface area (Å²) < 4.78 is 37.6. The third-order valence-corrected chi connectivity index (χ3v) is 2.53. The molecular formula is C10H10F3N. The van der Waals surface area contributed by atoms with E-state index in [1.165, 1.54) is 6.07 Å². The number of nitrogens with two attached hydrogens (primary N) is 1. The molecule has 1 aromatic carbocycles. The zero-order valence-electron chi connectivity index (χ0n) is 7.43. The standard InChI is InChI=1S/C10H10F3N/c11-10(12,13)9-3-1-2-6-4-7(14)5-8(6)9/h1-3,7H,4-5,14H2. The minimum atomic E-state index is -4.25. The lowest BCUT2D eigenvalue weighted by atomic mass is 10.0. The molecule has 76 valence electrons. The highest BCUT2D eigenvalue weighted by molar-refractivity contribution is 5.41. The summed E-state index contributed by atoms with van der Waals surface area (Å²) in [5, 5.41) is 0. The zero-order chi connectivity index (χ0) is 10.3. The SMILES string of the molecule is NC1Cc2cccc(C(F)(F)F)c2C1. The second-order valence-electron chi connectivity index (χ2n) is 3.61. The normalized spacial score (nSPS) is 21.0. The van der Waals surface area contributed by atoms with Crippen molar-refractivity contribution in [3.63, 3.8) is 0 Å². The minimum Gasteiger partial charge on any atom is -0.327 e. The first kappa shape index (κ1) is 9.52. The number of halogens is 3. The van der Waals surface area contributed by atoms with Crippen molar-refractivity contribution in [2.45, 2.75) is 25.1 Å². The molecule has 0 fully saturated rings. The summed E-state index contributed by atoms with van der Waals surface area (Å²) in [5.41, 5.74) is 6.23. The van der Waals surface area contributed by atoms with E-state index < -0.39 is 11.7 Å². The molecule has 1 nitrogen and oxygen atoms in total. The fourth-order valence-corrected chi connectivity index (χ4v) is 1.95. The topological polar surface area (TPSA) is 26.0 Å². The summed E-state index contributed by atoms with van der Waals surface area (Å²) in [7, 11) is 0. The largest absolute Gasteiger partial charge is 0.416 e. The first-order chi connectivity index (χ1) is 6.48. The molecule has 1 unspecified atom stereocenters. The molecule has 0 spiro atoms. The van der Waals surface area contributed by atoms with E-state index >= 15 is 0 Å². The second kappa shape index (κ2) is 2.98. The van der Waals surface area contributed by atoms with Gasteiger partial charge in [-0.2, -0.15) is 13.2 Å². The highest BCUT2D eigenvalue weighted by Gasteiger charge is 2.36. The fraction of sp³-hybridized carbons (Fsp3) is 0.400. The maximum absolute atomic E-state index is 12.5. The van der Waals surface area contributed by atoms with Crippen LogP contribution >= 0.6 is 0 Å². The summed E-state index contributed by atoms with van der Waals surface area (Å²) in [6.07, 6.45) is -3.36. The molecule has 4 heteroatoms. The predicted molar refractivity (Wildman–Crippen MR) is 46.8 cm³/mol. The van der Waals surface area contributed by atoms with E-state index in [-0.39, 0.29) is 6.04 Å². The van der Waals surface area contributed by atoms with Crippen LogP contribution in [0.3, 0.4) is 0 Å². The van der Waals surface area contributed by atoms with Crippen molar-refractivity contribution in [2.75, 3.05) is 0 Å². The number of hydrogen-bond donors (Lipinski definition) is 1. The van der Waals surface area contributed by atoms with Gasteiger partial charge in [0.2, 0.25) is 0 Å². The molecule has 0 saturated heterocycles. The first-order valence-corrected chi connectivity index (χ1v) is 4.42. The van der Waals surface area contributed by atoms with E-state index in [4.69, 9.17) is 5.73 Å². The van der Waals surface area contributed by atoms with Crippen LogP contribution in [0.15, 0.2) is 18.2 Å². The molecule has 0 radical (unpaired) electrons. The molecule has 2 N–H and O–H groups in total. The average Bonchev–Trinajstić information content (AvgIpc) is 2.41. The van der Waals surface area contributed by atoms with Crippen LogP contribution in [-0.4, -0.2) is 6.04 Å². The zero-order valence-corrected chi connectivity index (χ0v) is 7.43. The number of rotatable bonds is 0. The van der Waals surface area contributed by atoms with Gasteiger partial charge in [0.1, 0.15) is 0 Å². The summed E-state index contributed by atoms with van der Waals surface area (Å²) >= 11 is 0. The molecule has 0 aromatic heterocycles. The molecule has 0 saturated carbocycles. The lowest BCUT2D eigenvalue weighted by molar-refractivity contribution is -0.138. The van der Waals surface area contributed by atoms with Crippen molar-refractivity contribution >= 4 is 0 Å². The van der Waals surface area contributed by atoms with E-state index in [1.807, 2.05) is 0 Å². The van der Waals surface area contributed by atoms with E-state index in [0.29, 0.717) is 18.4 Å². The summed E-state index contributed by atoms with van der Waals surface area (Å²) in [5.74, 6) is 0. The van der Waals surface area contributed by atoms with Gasteiger partial charge in [-0.1, -0.05) is 12.1 Å². The molecule has 1 atom stereocenters. The van der Waals surface area contributed by atoms with Gasteiger partial charge in [0.15, 0.2) is 0 Å². The van der Waals surface area contributed by atoms with Gasteiger partial charge >= 0.3 is 6.18 Å². The molecular weight excluding hydrogens is 191 g/mol. The van der Waals surface area contributed by atoms with Gasteiger partial charge in [0.05, 0.1) is 5.56 Å². The Balaban J connectivity index is 2.50. The van der Waals surface area contributed by atoms with Gasteiger partial charge in [-0.05, 0) is 30.0 Å². The van der Waals surface area contributed by atoms with E-state index in [2.05, 4.69) is 0 Å². The van der Waals surface area contributed by atoms with Gasteiger partial charge in [-0.3, -0.25) is 0 Å². The molecule has 14 heavy (non-hydrogen) atoms. The molecule has 1 aliphatic carbocycles. The molecule has 2 rings (SSSR count). The van der Waals surface area contributed by atoms with Gasteiger partial charge in [-0.15, -0.1) is 0 Å². The van der Waals surface area contributed by atoms with Gasteiger partial charge < -0.3 is 5.73 Å². The lowest BCUT2D eigenvalue weighted by Gasteiger charge is -2.11. The molecule has 0 amide bonds. The van der Waals surface area contributed by atoms with Crippen LogP contribution < -0.4 is 5.73 Å². The molecule has 0 bridgehead atoms. The third-order valence-electron chi connectivity index (χ3n) is 2.53. The van der Waals surface area contributed by atoms with Crippen LogP contribution in [0.25, 0.3) is 0 Å². The Hall–Kier alpha value is -1.03. The van der Waals surface area contributed by atoms with Crippen molar-refractivity contribution in [1.29, 1.82) is 0 Å². The quantitative estimate of drug-likeness (QED) is 0.683. The van der Waals surface area contributed by atoms with Crippen LogP contribution in [0.2, 0.25) is 0 Å². The van der Waals surface area contributed by atoms with E-state index in [0.717, 1.165) is 11.6 Å². The number of hydrogen-bond acceptors (Lipinski definition) is 1. The summed E-state index contributed by atoms with van der Waals surface area (Å²) in [6.45, 7) is 0. The van der Waals surface area contributed by atoms with Gasteiger partial charge in [-0.25, -0.2) is 0 Å². The number of benzene rings is 1. The second-order valence-corrected chi connectivity index (χ2v) is 3.61. The smallest absolute Gasteiger partial charge is 0.327 e. The van der Waals surface area contributed by atoms with Crippen LogP contribution in [0.1, 0.15) is 16.7 Å². The minimum absolute atomic E-state index is 0.159. The third kappa shape index (κ3) is 1.50. The molecule has 1 aliphatic rings. The van der Waals surface area contributed by atoms with Crippen LogP contribution in [-0.2, 0) is 19.0 Å². The predicted octanol–water partition coefficient (Wildman–Crippen LogP) is 2.13. The van der Waals surface area contributed by atoms with Gasteiger partial charge in [0, 0.05) is 6.04 Å². The van der Waals surface area contributed by atoms with Crippen molar-refractivity contribution in [2.24, 2.45) is 5.73 Å². The van der Waals surface area contributed by atoms with Crippen LogP contribution in [0, 0.1) is 0 Å². The Labute approximate surface area is 79.7 Å². The summed E-state index contributed by atoms with van der Waals surface area (Å²) in [6, 6.07) is 4.13. The molecule has 0 aliphatic heterocycles. The van der Waals surface area contributed by atoms with Crippen molar-refractivity contribution in [3.8, 4) is 0 Å². The van der Waals surface area contributed by atoms with Crippen molar-refractivity contribution < 1.29 is 13.2 Å². The fourth-order valence-electron chi connectivity index (χ4n) is 1.95. The Morgan fingerprint density at radius 1 is 1.21 bits per heavy atom. The Bertz CT molecular complexity index is 357. The number of fused-ring (bicyclic) bond motifs is 1. The van der Waals surface area contributed by atoms with E-state index in [9.17, 15) is 13.2 Å². The van der Waals surface area contributed by atoms with Crippen LogP contribution in [0.5, 0.6) is 0 Å². The monoisotopic (exact) mass is 201 g/mol. The first-order valence-electron chi connectivity index (χ1n) is 4.42. The lowest BCUT2D eigenvalue weighted by Crippen LogP contribution is -2.19. The van der Waals surface area contributed by atoms with Crippen LogP contribution in [0.4, 0.5) is 13.2 Å². The van der Waals surface area contributed by atoms with Crippen molar-refractivity contribution in [3.05, 3.63) is 34.9 Å². The van der Waals surface area contributed by atoms with E-state index in [1.54, 1.807) is 6.07 Å². The highest BCUT2D eigenvalue weighted by atomic mass is 19.4. The van der Waals surface area contributed by atoms with Gasteiger partial charge in [0.25, 0.3) is 0 Å². The Morgan fingerprint density at radius 3 is 2.57 bits per heavy atom.